The minimum atomic E-state index is -0.227. The van der Waals surface area contributed by atoms with E-state index >= 15 is 0 Å². The molecule has 1 aliphatic heterocycles. The number of aliphatic hydroxyl groups is 1. The Labute approximate surface area is 122 Å². The van der Waals surface area contributed by atoms with Gasteiger partial charge in [0.05, 0.1) is 6.10 Å². The number of β-amino-alcohol motifs (C(OH)–C–C–N with tert-alkyl or cyclic N) is 1. The summed E-state index contributed by atoms with van der Waals surface area (Å²) in [4.78, 5) is 9.33. The number of nitrogens with zero attached hydrogens (tertiary/aromatic N) is 3. The lowest BCUT2D eigenvalue weighted by Gasteiger charge is -2.35. The molecule has 1 fully saturated rings. The zero-order chi connectivity index (χ0) is 14.5. The molecule has 1 atom stereocenters. The van der Waals surface area contributed by atoms with E-state index in [1.807, 2.05) is 13.1 Å². The Morgan fingerprint density at radius 3 is 2.25 bits per heavy atom. The Morgan fingerprint density at radius 2 is 1.75 bits per heavy atom. The Bertz CT molecular complexity index is 395. The Kier molecular flexibility index (Phi) is 5.52. The summed E-state index contributed by atoms with van der Waals surface area (Å²) in [6, 6.07) is 4.34. The van der Waals surface area contributed by atoms with Gasteiger partial charge >= 0.3 is 0 Å². The zero-order valence-corrected chi connectivity index (χ0v) is 12.9. The van der Waals surface area contributed by atoms with E-state index in [-0.39, 0.29) is 6.10 Å². The molecule has 2 rings (SSSR count). The monoisotopic (exact) mass is 277 g/mol. The van der Waals surface area contributed by atoms with Gasteiger partial charge in [0.25, 0.3) is 0 Å². The largest absolute Gasteiger partial charge is 0.392 e. The highest BCUT2D eigenvalue weighted by molar-refractivity contribution is 5.16. The third-order valence-corrected chi connectivity index (χ3v) is 3.83. The van der Waals surface area contributed by atoms with Crippen molar-refractivity contribution < 1.29 is 5.11 Å². The zero-order valence-electron chi connectivity index (χ0n) is 12.9. The average Bonchev–Trinajstić information content (AvgIpc) is 2.41. The predicted octanol–water partition coefficient (Wildman–Crippen LogP) is 1.70. The smallest absolute Gasteiger partial charge is 0.0639 e. The fraction of sp³-hybridized carbons (Fsp3) is 0.688. The molecule has 1 N–H and O–H groups in total. The molecule has 0 spiro atoms. The quantitative estimate of drug-likeness (QED) is 0.889. The van der Waals surface area contributed by atoms with Crippen LogP contribution < -0.4 is 0 Å². The van der Waals surface area contributed by atoms with E-state index in [0.717, 1.165) is 45.0 Å². The van der Waals surface area contributed by atoms with Crippen molar-refractivity contribution in [3.8, 4) is 0 Å². The van der Waals surface area contributed by atoms with Crippen LogP contribution >= 0.6 is 0 Å². The van der Waals surface area contributed by atoms with Gasteiger partial charge in [0.2, 0.25) is 0 Å². The number of aromatic nitrogens is 1. The number of aliphatic hydroxyl groups excluding tert-OH is 1. The first kappa shape index (κ1) is 15.4. The van der Waals surface area contributed by atoms with Crippen molar-refractivity contribution in [3.63, 3.8) is 0 Å². The molecule has 20 heavy (non-hydrogen) atoms. The van der Waals surface area contributed by atoms with Gasteiger partial charge < -0.3 is 5.11 Å². The van der Waals surface area contributed by atoms with Gasteiger partial charge in [0.1, 0.15) is 0 Å². The highest BCUT2D eigenvalue weighted by Crippen LogP contribution is 2.13. The van der Waals surface area contributed by atoms with Crippen LogP contribution in [0.5, 0.6) is 0 Å². The van der Waals surface area contributed by atoms with Gasteiger partial charge in [0.15, 0.2) is 0 Å². The molecule has 0 aliphatic carbocycles. The second-order valence-electron chi connectivity index (χ2n) is 6.17. The maximum Gasteiger partial charge on any atom is 0.0639 e. The predicted molar refractivity (Wildman–Crippen MR) is 81.7 cm³/mol. The summed E-state index contributed by atoms with van der Waals surface area (Å²) in [6.45, 7) is 12.2. The van der Waals surface area contributed by atoms with Gasteiger partial charge in [0, 0.05) is 51.2 Å². The first-order valence-electron chi connectivity index (χ1n) is 7.62. The third-order valence-electron chi connectivity index (χ3n) is 3.83. The number of piperazine rings is 1. The second kappa shape index (κ2) is 7.16. The lowest BCUT2D eigenvalue weighted by molar-refractivity contribution is 0.0780. The summed E-state index contributed by atoms with van der Waals surface area (Å²) >= 11 is 0. The van der Waals surface area contributed by atoms with Gasteiger partial charge in [-0.05, 0) is 24.5 Å². The molecule has 4 heteroatoms. The topological polar surface area (TPSA) is 39.6 Å². The Morgan fingerprint density at radius 1 is 1.10 bits per heavy atom. The first-order valence-corrected chi connectivity index (χ1v) is 7.62. The molecule has 0 bridgehead atoms. The molecule has 0 saturated carbocycles. The van der Waals surface area contributed by atoms with Crippen LogP contribution in [0.15, 0.2) is 18.3 Å². The van der Waals surface area contributed by atoms with E-state index in [4.69, 9.17) is 0 Å². The van der Waals surface area contributed by atoms with Crippen LogP contribution in [0.2, 0.25) is 0 Å². The maximum atomic E-state index is 9.41. The molecular formula is C16H27N3O. The standard InChI is InChI=1S/C16H27N3O/c1-13(2)16-5-4-15(10-17-16)12-19-8-6-18(7-9-19)11-14(3)20/h4-5,10,13-14,20H,6-9,11-12H2,1-3H3/t14-/m0/s1. The van der Waals surface area contributed by atoms with Crippen LogP contribution in [0.1, 0.15) is 37.9 Å². The van der Waals surface area contributed by atoms with Crippen molar-refractivity contribution in [2.24, 2.45) is 0 Å². The van der Waals surface area contributed by atoms with E-state index in [2.05, 4.69) is 40.8 Å². The summed E-state index contributed by atoms with van der Waals surface area (Å²) in [5.74, 6) is 0.494. The molecule has 2 heterocycles. The number of hydrogen-bond donors (Lipinski definition) is 1. The normalized spacial score (nSPS) is 19.4. The van der Waals surface area contributed by atoms with Crippen LogP contribution in [0.25, 0.3) is 0 Å². The number of rotatable bonds is 5. The highest BCUT2D eigenvalue weighted by Gasteiger charge is 2.17. The minimum Gasteiger partial charge on any atom is -0.392 e. The van der Waals surface area contributed by atoms with Crippen molar-refractivity contribution in [1.82, 2.24) is 14.8 Å². The van der Waals surface area contributed by atoms with Crippen LogP contribution in [-0.4, -0.2) is 58.7 Å². The fourth-order valence-electron chi connectivity index (χ4n) is 2.63. The Hall–Kier alpha value is -0.970. The van der Waals surface area contributed by atoms with E-state index < -0.39 is 0 Å². The van der Waals surface area contributed by atoms with Crippen molar-refractivity contribution >= 4 is 0 Å². The molecule has 0 unspecified atom stereocenters. The van der Waals surface area contributed by atoms with Gasteiger partial charge in [-0.3, -0.25) is 14.8 Å². The summed E-state index contributed by atoms with van der Waals surface area (Å²) in [5.41, 5.74) is 2.45. The van der Waals surface area contributed by atoms with E-state index in [0.29, 0.717) is 5.92 Å². The van der Waals surface area contributed by atoms with Gasteiger partial charge in [-0.15, -0.1) is 0 Å². The average molecular weight is 277 g/mol. The first-order chi connectivity index (χ1) is 9.54. The third kappa shape index (κ3) is 4.54. The maximum absolute atomic E-state index is 9.41. The van der Waals surface area contributed by atoms with E-state index in [1.165, 1.54) is 5.56 Å². The second-order valence-corrected chi connectivity index (χ2v) is 6.17. The van der Waals surface area contributed by atoms with Crippen LogP contribution in [-0.2, 0) is 6.54 Å². The van der Waals surface area contributed by atoms with Crippen molar-refractivity contribution in [3.05, 3.63) is 29.6 Å². The van der Waals surface area contributed by atoms with Crippen LogP contribution in [0, 0.1) is 0 Å². The highest BCUT2D eigenvalue weighted by atomic mass is 16.3. The molecule has 1 saturated heterocycles. The van der Waals surface area contributed by atoms with E-state index in [9.17, 15) is 5.11 Å². The molecule has 1 aliphatic rings. The van der Waals surface area contributed by atoms with Crippen molar-refractivity contribution in [2.45, 2.75) is 39.3 Å². The molecule has 4 nitrogen and oxygen atoms in total. The lowest BCUT2D eigenvalue weighted by atomic mass is 10.1. The van der Waals surface area contributed by atoms with Crippen molar-refractivity contribution in [1.29, 1.82) is 0 Å². The summed E-state index contributed by atoms with van der Waals surface area (Å²) in [7, 11) is 0. The van der Waals surface area contributed by atoms with Gasteiger partial charge in [-0.2, -0.15) is 0 Å². The van der Waals surface area contributed by atoms with Gasteiger partial charge in [-0.1, -0.05) is 19.9 Å². The molecule has 0 radical (unpaired) electrons. The minimum absolute atomic E-state index is 0.227. The Balaban J connectivity index is 1.80. The summed E-state index contributed by atoms with van der Waals surface area (Å²) in [6.07, 6.45) is 1.78. The molecule has 112 valence electrons. The van der Waals surface area contributed by atoms with Crippen LogP contribution in [0.3, 0.4) is 0 Å². The summed E-state index contributed by atoms with van der Waals surface area (Å²) < 4.78 is 0. The van der Waals surface area contributed by atoms with E-state index in [1.54, 1.807) is 0 Å². The summed E-state index contributed by atoms with van der Waals surface area (Å²) in [5, 5.41) is 9.41. The molecule has 1 aromatic rings. The molecule has 1 aromatic heterocycles. The van der Waals surface area contributed by atoms with Crippen LogP contribution in [0.4, 0.5) is 0 Å². The fourth-order valence-corrected chi connectivity index (χ4v) is 2.63. The number of hydrogen-bond acceptors (Lipinski definition) is 4. The number of pyridine rings is 1. The molecule has 0 amide bonds. The van der Waals surface area contributed by atoms with Crippen molar-refractivity contribution in [2.75, 3.05) is 32.7 Å². The van der Waals surface area contributed by atoms with Gasteiger partial charge in [-0.25, -0.2) is 0 Å². The molecular weight excluding hydrogens is 250 g/mol. The molecule has 0 aromatic carbocycles. The SMILES string of the molecule is CC(C)c1ccc(CN2CCN(C[C@H](C)O)CC2)cn1. The lowest BCUT2D eigenvalue weighted by Crippen LogP contribution is -2.47.